The first kappa shape index (κ1) is 20.0. The Balaban J connectivity index is 1.87. The number of rotatable bonds is 8. The fraction of sp³-hybridized carbons (Fsp3) is 0.263. The summed E-state index contributed by atoms with van der Waals surface area (Å²) in [6, 6.07) is 10.1. The van der Waals surface area contributed by atoms with Crippen molar-refractivity contribution in [1.82, 2.24) is 0 Å². The van der Waals surface area contributed by atoms with Crippen LogP contribution in [0.15, 0.2) is 42.5 Å². The van der Waals surface area contributed by atoms with Gasteiger partial charge in [-0.05, 0) is 43.3 Å². The second-order valence-electron chi connectivity index (χ2n) is 5.44. The third-order valence-electron chi connectivity index (χ3n) is 3.48. The number of carbonyl (C=O) groups is 2. The van der Waals surface area contributed by atoms with Crippen molar-refractivity contribution in [3.8, 4) is 17.2 Å². The van der Waals surface area contributed by atoms with Crippen LogP contribution in [-0.4, -0.2) is 38.8 Å². The van der Waals surface area contributed by atoms with Crippen LogP contribution in [0.1, 0.15) is 6.92 Å². The molecule has 7 nitrogen and oxygen atoms in total. The van der Waals surface area contributed by atoms with Crippen LogP contribution in [0.5, 0.6) is 17.2 Å². The van der Waals surface area contributed by atoms with Crippen molar-refractivity contribution < 1.29 is 32.9 Å². The van der Waals surface area contributed by atoms with E-state index in [-0.39, 0.29) is 0 Å². The van der Waals surface area contributed by atoms with E-state index in [1.165, 1.54) is 45.4 Å². The van der Waals surface area contributed by atoms with Gasteiger partial charge in [-0.15, -0.1) is 0 Å². The van der Waals surface area contributed by atoms with Gasteiger partial charge in [-0.25, -0.2) is 9.18 Å². The van der Waals surface area contributed by atoms with Crippen LogP contribution >= 0.6 is 0 Å². The number of ether oxygens (including phenoxy) is 4. The fourth-order valence-electron chi connectivity index (χ4n) is 2.12. The Bertz CT molecular complexity index is 793. The maximum Gasteiger partial charge on any atom is 0.347 e. The van der Waals surface area contributed by atoms with Crippen LogP contribution in [0.3, 0.4) is 0 Å². The van der Waals surface area contributed by atoms with Crippen LogP contribution in [-0.2, 0) is 14.3 Å². The molecule has 0 aliphatic heterocycles. The molecule has 0 saturated heterocycles. The maximum atomic E-state index is 12.9. The van der Waals surface area contributed by atoms with Gasteiger partial charge >= 0.3 is 5.97 Å². The van der Waals surface area contributed by atoms with Gasteiger partial charge in [0.25, 0.3) is 5.91 Å². The van der Waals surface area contributed by atoms with E-state index in [9.17, 15) is 14.0 Å². The second-order valence-corrected chi connectivity index (χ2v) is 5.44. The smallest absolute Gasteiger partial charge is 0.347 e. The van der Waals surface area contributed by atoms with Crippen molar-refractivity contribution in [3.05, 3.63) is 48.3 Å². The normalized spacial score (nSPS) is 11.3. The SMILES string of the molecule is COc1ccc(OC)c(NC(=O)COC(=O)[C@H](C)Oc2ccc(F)cc2)c1. The number of methoxy groups -OCH3 is 2. The van der Waals surface area contributed by atoms with Gasteiger partial charge < -0.3 is 24.3 Å². The number of benzene rings is 2. The van der Waals surface area contributed by atoms with Gasteiger partial charge in [0.1, 0.15) is 23.1 Å². The molecule has 8 heteroatoms. The summed E-state index contributed by atoms with van der Waals surface area (Å²) >= 11 is 0. The molecule has 0 aliphatic carbocycles. The molecule has 0 fully saturated rings. The minimum Gasteiger partial charge on any atom is -0.497 e. The summed E-state index contributed by atoms with van der Waals surface area (Å²) in [4.78, 5) is 24.0. The van der Waals surface area contributed by atoms with Crippen molar-refractivity contribution >= 4 is 17.6 Å². The molecule has 0 spiro atoms. The molecule has 2 rings (SSSR count). The summed E-state index contributed by atoms with van der Waals surface area (Å²) in [5.74, 6) is -0.419. The lowest BCUT2D eigenvalue weighted by Gasteiger charge is -2.15. The summed E-state index contributed by atoms with van der Waals surface area (Å²) in [5.41, 5.74) is 0.383. The van der Waals surface area contributed by atoms with Gasteiger partial charge in [-0.2, -0.15) is 0 Å². The first-order valence-electron chi connectivity index (χ1n) is 8.03. The molecule has 144 valence electrons. The van der Waals surface area contributed by atoms with E-state index in [2.05, 4.69) is 5.32 Å². The van der Waals surface area contributed by atoms with E-state index in [1.54, 1.807) is 18.2 Å². The first-order chi connectivity index (χ1) is 12.9. The molecule has 0 aromatic heterocycles. The molecule has 1 atom stereocenters. The van der Waals surface area contributed by atoms with Crippen LogP contribution in [0.25, 0.3) is 0 Å². The molecular formula is C19H20FNO6. The Labute approximate surface area is 156 Å². The third-order valence-corrected chi connectivity index (χ3v) is 3.48. The predicted molar refractivity (Wildman–Crippen MR) is 95.6 cm³/mol. The zero-order valence-corrected chi connectivity index (χ0v) is 15.2. The number of nitrogens with one attached hydrogen (secondary N) is 1. The standard InChI is InChI=1S/C19H20FNO6/c1-12(27-14-6-4-13(20)5-7-14)19(23)26-11-18(22)21-16-10-15(24-2)8-9-17(16)25-3/h4-10,12H,11H2,1-3H3,(H,21,22)/t12-/m0/s1. The average molecular weight is 377 g/mol. The summed E-state index contributed by atoms with van der Waals surface area (Å²) in [5, 5.41) is 2.58. The summed E-state index contributed by atoms with van der Waals surface area (Å²) in [6.07, 6.45) is -0.963. The Morgan fingerprint density at radius 3 is 2.33 bits per heavy atom. The fourth-order valence-corrected chi connectivity index (χ4v) is 2.12. The molecule has 0 unspecified atom stereocenters. The molecular weight excluding hydrogens is 357 g/mol. The minimum absolute atomic E-state index is 0.311. The Morgan fingerprint density at radius 2 is 1.70 bits per heavy atom. The van der Waals surface area contributed by atoms with Crippen molar-refractivity contribution in [2.75, 3.05) is 26.1 Å². The average Bonchev–Trinajstić information content (AvgIpc) is 2.67. The Morgan fingerprint density at radius 1 is 1.04 bits per heavy atom. The first-order valence-corrected chi connectivity index (χ1v) is 8.03. The van der Waals surface area contributed by atoms with Gasteiger partial charge in [0.05, 0.1) is 19.9 Å². The van der Waals surface area contributed by atoms with Crippen LogP contribution in [0.2, 0.25) is 0 Å². The zero-order chi connectivity index (χ0) is 19.8. The molecule has 0 saturated carbocycles. The lowest BCUT2D eigenvalue weighted by Crippen LogP contribution is -2.29. The molecule has 1 amide bonds. The number of amides is 1. The number of hydrogen-bond acceptors (Lipinski definition) is 6. The monoisotopic (exact) mass is 377 g/mol. The predicted octanol–water partition coefficient (Wildman–Crippen LogP) is 2.79. The Hall–Kier alpha value is -3.29. The number of anilines is 1. The van der Waals surface area contributed by atoms with E-state index in [0.29, 0.717) is 22.9 Å². The van der Waals surface area contributed by atoms with Crippen molar-refractivity contribution in [2.45, 2.75) is 13.0 Å². The lowest BCUT2D eigenvalue weighted by atomic mass is 10.2. The maximum absolute atomic E-state index is 12.9. The molecule has 0 aliphatic rings. The van der Waals surface area contributed by atoms with E-state index in [1.807, 2.05) is 0 Å². The van der Waals surface area contributed by atoms with Gasteiger partial charge in [0.2, 0.25) is 0 Å². The molecule has 27 heavy (non-hydrogen) atoms. The van der Waals surface area contributed by atoms with Crippen molar-refractivity contribution in [3.63, 3.8) is 0 Å². The molecule has 1 N–H and O–H groups in total. The van der Waals surface area contributed by atoms with Gasteiger partial charge in [0, 0.05) is 6.07 Å². The number of esters is 1. The second kappa shape index (κ2) is 9.42. The van der Waals surface area contributed by atoms with Gasteiger partial charge in [-0.3, -0.25) is 4.79 Å². The number of hydrogen-bond donors (Lipinski definition) is 1. The van der Waals surface area contributed by atoms with Crippen LogP contribution in [0.4, 0.5) is 10.1 Å². The topological polar surface area (TPSA) is 83.1 Å². The van der Waals surface area contributed by atoms with Crippen LogP contribution in [0, 0.1) is 5.82 Å². The third kappa shape index (κ3) is 5.88. The molecule has 0 bridgehead atoms. The van der Waals surface area contributed by atoms with E-state index in [4.69, 9.17) is 18.9 Å². The van der Waals surface area contributed by atoms with Crippen LogP contribution < -0.4 is 19.5 Å². The van der Waals surface area contributed by atoms with Crippen molar-refractivity contribution in [2.24, 2.45) is 0 Å². The molecule has 2 aromatic carbocycles. The highest BCUT2D eigenvalue weighted by Gasteiger charge is 2.18. The molecule has 2 aromatic rings. The summed E-state index contributed by atoms with van der Waals surface area (Å²) in [6.45, 7) is 0.963. The lowest BCUT2D eigenvalue weighted by molar-refractivity contribution is -0.153. The molecule has 0 heterocycles. The highest BCUT2D eigenvalue weighted by Crippen LogP contribution is 2.28. The Kier molecular flexibility index (Phi) is 6.99. The summed E-state index contributed by atoms with van der Waals surface area (Å²) in [7, 11) is 2.96. The quantitative estimate of drug-likeness (QED) is 0.713. The number of halogens is 1. The van der Waals surface area contributed by atoms with E-state index < -0.39 is 30.4 Å². The van der Waals surface area contributed by atoms with Gasteiger partial charge in [0.15, 0.2) is 12.7 Å². The van der Waals surface area contributed by atoms with Crippen molar-refractivity contribution in [1.29, 1.82) is 0 Å². The van der Waals surface area contributed by atoms with Gasteiger partial charge in [-0.1, -0.05) is 0 Å². The largest absolute Gasteiger partial charge is 0.497 e. The highest BCUT2D eigenvalue weighted by atomic mass is 19.1. The highest BCUT2D eigenvalue weighted by molar-refractivity contribution is 5.94. The minimum atomic E-state index is -0.963. The zero-order valence-electron chi connectivity index (χ0n) is 15.2. The van der Waals surface area contributed by atoms with E-state index >= 15 is 0 Å². The summed E-state index contributed by atoms with van der Waals surface area (Å²) < 4.78 is 33.4. The van der Waals surface area contributed by atoms with E-state index in [0.717, 1.165) is 0 Å². The number of carbonyl (C=O) groups excluding carboxylic acids is 2. The molecule has 0 radical (unpaired) electrons.